The van der Waals surface area contributed by atoms with E-state index in [1.807, 2.05) is 13.8 Å². The van der Waals surface area contributed by atoms with Gasteiger partial charge in [-0.1, -0.05) is 26.7 Å². The Morgan fingerprint density at radius 1 is 1.22 bits per heavy atom. The van der Waals surface area contributed by atoms with E-state index in [1.165, 1.54) is 39.2 Å². The van der Waals surface area contributed by atoms with Crippen LogP contribution in [-0.2, 0) is 9.53 Å². The molecule has 1 fully saturated rings. The molecule has 0 aromatic heterocycles. The fourth-order valence-electron chi connectivity index (χ4n) is 2.97. The summed E-state index contributed by atoms with van der Waals surface area (Å²) in [5.74, 6) is 1.45. The minimum atomic E-state index is -0.572. The Labute approximate surface area is 112 Å². The molecule has 1 saturated carbocycles. The smallest absolute Gasteiger partial charge is 0.325 e. The molecule has 0 radical (unpaired) electrons. The highest BCUT2D eigenvalue weighted by Gasteiger charge is 2.32. The van der Waals surface area contributed by atoms with Gasteiger partial charge in [-0.25, -0.2) is 0 Å². The Balaban J connectivity index is 2.51. The van der Waals surface area contributed by atoms with E-state index >= 15 is 0 Å². The van der Waals surface area contributed by atoms with Crippen molar-refractivity contribution in [1.29, 1.82) is 0 Å². The zero-order valence-corrected chi connectivity index (χ0v) is 12.6. The topological polar surface area (TPSA) is 38.3 Å². The first-order chi connectivity index (χ1) is 8.36. The number of hydrogen-bond acceptors (Lipinski definition) is 3. The first-order valence-electron chi connectivity index (χ1n) is 7.23. The van der Waals surface area contributed by atoms with Gasteiger partial charge < -0.3 is 4.74 Å². The van der Waals surface area contributed by atoms with Gasteiger partial charge in [0.1, 0.15) is 5.54 Å². The van der Waals surface area contributed by atoms with Crippen molar-refractivity contribution in [3.05, 3.63) is 0 Å². The van der Waals surface area contributed by atoms with Crippen LogP contribution in [0.3, 0.4) is 0 Å². The molecule has 0 bridgehead atoms. The van der Waals surface area contributed by atoms with Crippen LogP contribution < -0.4 is 5.32 Å². The van der Waals surface area contributed by atoms with E-state index < -0.39 is 5.54 Å². The molecule has 1 aliphatic rings. The minimum absolute atomic E-state index is 0.174. The summed E-state index contributed by atoms with van der Waals surface area (Å²) in [5.41, 5.74) is -0.572. The van der Waals surface area contributed by atoms with Gasteiger partial charge >= 0.3 is 5.97 Å². The van der Waals surface area contributed by atoms with E-state index in [4.69, 9.17) is 4.74 Å². The Hall–Kier alpha value is -0.570. The molecule has 0 aromatic carbocycles. The summed E-state index contributed by atoms with van der Waals surface area (Å²) in [5, 5.41) is 3.47. The SMILES string of the molecule is COC(=O)C(C)(C)NC1CCCC(C(C)C)CC1. The summed E-state index contributed by atoms with van der Waals surface area (Å²) in [7, 11) is 1.45. The third-order valence-corrected chi connectivity index (χ3v) is 4.22. The molecule has 106 valence electrons. The van der Waals surface area contributed by atoms with Crippen molar-refractivity contribution < 1.29 is 9.53 Å². The van der Waals surface area contributed by atoms with E-state index in [2.05, 4.69) is 19.2 Å². The molecule has 0 heterocycles. The highest BCUT2D eigenvalue weighted by atomic mass is 16.5. The second kappa shape index (κ2) is 6.55. The van der Waals surface area contributed by atoms with E-state index in [-0.39, 0.29) is 5.97 Å². The lowest BCUT2D eigenvalue weighted by Gasteiger charge is -2.29. The van der Waals surface area contributed by atoms with Crippen molar-refractivity contribution in [3.63, 3.8) is 0 Å². The predicted molar refractivity (Wildman–Crippen MR) is 74.4 cm³/mol. The zero-order chi connectivity index (χ0) is 13.8. The summed E-state index contributed by atoms with van der Waals surface area (Å²) in [6.45, 7) is 8.45. The highest BCUT2D eigenvalue weighted by Crippen LogP contribution is 2.29. The lowest BCUT2D eigenvalue weighted by atomic mass is 9.89. The molecule has 18 heavy (non-hydrogen) atoms. The van der Waals surface area contributed by atoms with Crippen LogP contribution in [0.2, 0.25) is 0 Å². The molecule has 3 heteroatoms. The van der Waals surface area contributed by atoms with Crippen molar-refractivity contribution >= 4 is 5.97 Å². The predicted octanol–water partition coefficient (Wildman–Crippen LogP) is 3.13. The van der Waals surface area contributed by atoms with Gasteiger partial charge in [0.05, 0.1) is 7.11 Å². The molecule has 2 unspecified atom stereocenters. The summed E-state index contributed by atoms with van der Waals surface area (Å²) in [6.07, 6.45) is 6.20. The van der Waals surface area contributed by atoms with Crippen LogP contribution in [0, 0.1) is 11.8 Å². The fraction of sp³-hybridized carbons (Fsp3) is 0.933. The maximum Gasteiger partial charge on any atom is 0.325 e. The highest BCUT2D eigenvalue weighted by molar-refractivity contribution is 5.79. The average molecular weight is 255 g/mol. The summed E-state index contributed by atoms with van der Waals surface area (Å²) in [4.78, 5) is 11.7. The Morgan fingerprint density at radius 2 is 1.89 bits per heavy atom. The summed E-state index contributed by atoms with van der Waals surface area (Å²) in [6, 6.07) is 0.447. The van der Waals surface area contributed by atoms with Crippen molar-refractivity contribution in [2.45, 2.75) is 71.4 Å². The Kier molecular flexibility index (Phi) is 5.64. The first-order valence-corrected chi connectivity index (χ1v) is 7.23. The number of methoxy groups -OCH3 is 1. The van der Waals surface area contributed by atoms with Gasteiger partial charge in [-0.3, -0.25) is 10.1 Å². The van der Waals surface area contributed by atoms with E-state index in [9.17, 15) is 4.79 Å². The third kappa shape index (κ3) is 4.27. The molecule has 0 spiro atoms. The zero-order valence-electron chi connectivity index (χ0n) is 12.6. The quantitative estimate of drug-likeness (QED) is 0.619. The molecule has 0 amide bonds. The molecule has 2 atom stereocenters. The lowest BCUT2D eigenvalue weighted by Crippen LogP contribution is -2.52. The molecule has 0 aliphatic heterocycles. The van der Waals surface area contributed by atoms with Crippen LogP contribution in [0.15, 0.2) is 0 Å². The maximum absolute atomic E-state index is 11.7. The summed E-state index contributed by atoms with van der Waals surface area (Å²) < 4.78 is 4.85. The first kappa shape index (κ1) is 15.5. The van der Waals surface area contributed by atoms with Gasteiger partial charge in [-0.05, 0) is 44.9 Å². The fourth-order valence-corrected chi connectivity index (χ4v) is 2.97. The molecular formula is C15H29NO2. The molecule has 1 rings (SSSR count). The van der Waals surface area contributed by atoms with Crippen molar-refractivity contribution in [2.75, 3.05) is 7.11 Å². The number of hydrogen-bond donors (Lipinski definition) is 1. The van der Waals surface area contributed by atoms with E-state index in [0.717, 1.165) is 11.8 Å². The van der Waals surface area contributed by atoms with Gasteiger partial charge in [-0.15, -0.1) is 0 Å². The van der Waals surface area contributed by atoms with Crippen LogP contribution in [0.4, 0.5) is 0 Å². The van der Waals surface area contributed by atoms with Gasteiger partial charge in [-0.2, -0.15) is 0 Å². The standard InChI is InChI=1S/C15H29NO2/c1-11(2)12-7-6-8-13(10-9-12)16-15(3,4)14(17)18-5/h11-13,16H,6-10H2,1-5H3. The normalized spacial score (nSPS) is 25.9. The van der Waals surface area contributed by atoms with Gasteiger partial charge in [0.2, 0.25) is 0 Å². The molecule has 3 nitrogen and oxygen atoms in total. The Bertz CT molecular complexity index is 274. The van der Waals surface area contributed by atoms with Crippen LogP contribution in [-0.4, -0.2) is 24.7 Å². The number of nitrogens with one attached hydrogen (secondary N) is 1. The van der Waals surface area contributed by atoms with Crippen LogP contribution in [0.25, 0.3) is 0 Å². The monoisotopic (exact) mass is 255 g/mol. The number of esters is 1. The Morgan fingerprint density at radius 3 is 2.44 bits per heavy atom. The van der Waals surface area contributed by atoms with E-state index in [1.54, 1.807) is 0 Å². The third-order valence-electron chi connectivity index (χ3n) is 4.22. The second-order valence-corrected chi connectivity index (χ2v) is 6.47. The van der Waals surface area contributed by atoms with Gasteiger partial charge in [0.15, 0.2) is 0 Å². The van der Waals surface area contributed by atoms with Crippen LogP contribution >= 0.6 is 0 Å². The number of rotatable bonds is 4. The number of ether oxygens (including phenoxy) is 1. The average Bonchev–Trinajstić information content (AvgIpc) is 2.53. The largest absolute Gasteiger partial charge is 0.468 e. The molecule has 0 aromatic rings. The van der Waals surface area contributed by atoms with Crippen molar-refractivity contribution in [2.24, 2.45) is 11.8 Å². The molecule has 1 aliphatic carbocycles. The van der Waals surface area contributed by atoms with Gasteiger partial charge in [0.25, 0.3) is 0 Å². The minimum Gasteiger partial charge on any atom is -0.468 e. The summed E-state index contributed by atoms with van der Waals surface area (Å²) >= 11 is 0. The maximum atomic E-state index is 11.7. The lowest BCUT2D eigenvalue weighted by molar-refractivity contribution is -0.147. The van der Waals surface area contributed by atoms with Gasteiger partial charge in [0, 0.05) is 6.04 Å². The second-order valence-electron chi connectivity index (χ2n) is 6.47. The van der Waals surface area contributed by atoms with Crippen LogP contribution in [0.1, 0.15) is 59.8 Å². The van der Waals surface area contributed by atoms with Crippen LogP contribution in [0.5, 0.6) is 0 Å². The van der Waals surface area contributed by atoms with E-state index in [0.29, 0.717) is 6.04 Å². The molecular weight excluding hydrogens is 226 g/mol. The van der Waals surface area contributed by atoms with Crippen molar-refractivity contribution in [1.82, 2.24) is 5.32 Å². The molecule has 1 N–H and O–H groups in total. The number of carbonyl (C=O) groups is 1. The molecule has 0 saturated heterocycles. The van der Waals surface area contributed by atoms with Crippen molar-refractivity contribution in [3.8, 4) is 0 Å². The number of carbonyl (C=O) groups excluding carboxylic acids is 1.